The molecule has 13 heavy (non-hydrogen) atoms. The van der Waals surface area contributed by atoms with E-state index in [0.29, 0.717) is 0 Å². The lowest BCUT2D eigenvalue weighted by Crippen LogP contribution is -1.91. The van der Waals surface area contributed by atoms with Gasteiger partial charge in [0.15, 0.2) is 10.5 Å². The highest BCUT2D eigenvalue weighted by Crippen LogP contribution is 2.23. The van der Waals surface area contributed by atoms with Gasteiger partial charge in [-0.15, -0.1) is 0 Å². The molecule has 0 aliphatic heterocycles. The Morgan fingerprint density at radius 1 is 1.54 bits per heavy atom. The van der Waals surface area contributed by atoms with E-state index >= 15 is 0 Å². The Morgan fingerprint density at radius 3 is 2.69 bits per heavy atom. The second-order valence-corrected chi connectivity index (χ2v) is 2.19. The quantitative estimate of drug-likeness (QED) is 0.521. The summed E-state index contributed by atoms with van der Waals surface area (Å²) in [5, 5.41) is 25.4. The number of diazo groups is 1. The van der Waals surface area contributed by atoms with E-state index in [1.165, 1.54) is 12.1 Å². The van der Waals surface area contributed by atoms with Crippen LogP contribution >= 0.6 is 0 Å². The second kappa shape index (κ2) is 3.28. The van der Waals surface area contributed by atoms with Crippen LogP contribution in [0.2, 0.25) is 0 Å². The molecule has 0 atom stereocenters. The molecule has 0 fully saturated rings. The van der Waals surface area contributed by atoms with Gasteiger partial charge in [-0.3, -0.25) is 0 Å². The average molecular weight is 176 g/mol. The van der Waals surface area contributed by atoms with Crippen LogP contribution in [-0.2, 0) is 0 Å². The molecule has 0 radical (unpaired) electrons. The van der Waals surface area contributed by atoms with Crippen molar-refractivity contribution in [1.29, 1.82) is 10.7 Å². The molecule has 0 saturated heterocycles. The Labute approximate surface area is 72.8 Å². The summed E-state index contributed by atoms with van der Waals surface area (Å²) < 4.78 is 0. The fraction of sp³-hybridized carbons (Fsp3) is 0. The van der Waals surface area contributed by atoms with Crippen molar-refractivity contribution in [2.45, 2.75) is 0 Å². The number of hydrogen-bond donors (Lipinski definition) is 1. The average Bonchev–Trinajstić information content (AvgIpc) is 2.16. The topological polar surface area (TPSA) is 92.2 Å². The minimum atomic E-state index is -0.373. The minimum absolute atomic E-state index is 0.00917. The molecule has 0 aromatic heterocycles. The van der Waals surface area contributed by atoms with E-state index < -0.39 is 0 Å². The van der Waals surface area contributed by atoms with Crippen molar-refractivity contribution in [2.24, 2.45) is 0 Å². The maximum atomic E-state index is 10.4. The van der Waals surface area contributed by atoms with E-state index in [9.17, 15) is 4.91 Å². The molecule has 62 valence electrons. The summed E-state index contributed by atoms with van der Waals surface area (Å²) in [5.41, 5.74) is -0.0352. The SMILES string of the molecule is N#Cc1cc([N+](=O)O)ccc1[N+]#N. The molecule has 1 aromatic rings. The van der Waals surface area contributed by atoms with Gasteiger partial charge >= 0.3 is 11.4 Å². The van der Waals surface area contributed by atoms with E-state index in [2.05, 4.69) is 4.98 Å². The first-order chi connectivity index (χ1) is 6.19. The Morgan fingerprint density at radius 2 is 2.23 bits per heavy atom. The third-order valence-electron chi connectivity index (χ3n) is 1.43. The van der Waals surface area contributed by atoms with Crippen LogP contribution in [0.5, 0.6) is 0 Å². The molecular formula is C7H4N4O2+2. The largest absolute Gasteiger partial charge is 0.403 e. The number of hydrogen-bond acceptors (Lipinski definition) is 3. The number of benzene rings is 1. The molecule has 6 heteroatoms. The lowest BCUT2D eigenvalue weighted by atomic mass is 10.2. The zero-order valence-corrected chi connectivity index (χ0v) is 6.38. The van der Waals surface area contributed by atoms with Crippen molar-refractivity contribution in [2.75, 3.05) is 0 Å². The molecule has 6 nitrogen and oxygen atoms in total. The number of nitrogens with zero attached hydrogens (tertiary/aromatic N) is 4. The lowest BCUT2D eigenvalue weighted by Gasteiger charge is -1.82. The smallest absolute Gasteiger partial charge is 0.241 e. The predicted molar refractivity (Wildman–Crippen MR) is 41.0 cm³/mol. The van der Waals surface area contributed by atoms with Gasteiger partial charge in [0.25, 0.3) is 4.92 Å². The molecule has 0 bridgehead atoms. The maximum Gasteiger partial charge on any atom is 0.403 e. The Kier molecular flexibility index (Phi) is 2.18. The Bertz CT molecular complexity index is 441. The maximum absolute atomic E-state index is 10.4. The van der Waals surface area contributed by atoms with Gasteiger partial charge in [-0.05, 0) is 0 Å². The van der Waals surface area contributed by atoms with Crippen LogP contribution in [0.15, 0.2) is 18.2 Å². The van der Waals surface area contributed by atoms with E-state index in [0.717, 1.165) is 6.07 Å². The van der Waals surface area contributed by atoms with Crippen LogP contribution in [0.25, 0.3) is 4.98 Å². The third-order valence-corrected chi connectivity index (χ3v) is 1.43. The van der Waals surface area contributed by atoms with E-state index in [1.54, 1.807) is 6.07 Å². The third kappa shape index (κ3) is 1.57. The van der Waals surface area contributed by atoms with Crippen LogP contribution in [0.4, 0.5) is 11.4 Å². The summed E-state index contributed by atoms with van der Waals surface area (Å²) in [4.78, 5) is 12.8. The number of nitriles is 1. The van der Waals surface area contributed by atoms with Crippen LogP contribution in [0, 0.1) is 21.6 Å². The first kappa shape index (κ1) is 8.62. The highest BCUT2D eigenvalue weighted by atomic mass is 16.6. The molecule has 0 amide bonds. The van der Waals surface area contributed by atoms with Gasteiger partial charge in [0.05, 0.1) is 4.91 Å². The summed E-state index contributed by atoms with van der Waals surface area (Å²) in [7, 11) is 0. The Balaban J connectivity index is 3.33. The molecule has 0 saturated carbocycles. The second-order valence-electron chi connectivity index (χ2n) is 2.19. The summed E-state index contributed by atoms with van der Waals surface area (Å²) in [6.07, 6.45) is 0. The van der Waals surface area contributed by atoms with E-state index in [1.807, 2.05) is 0 Å². The van der Waals surface area contributed by atoms with Crippen LogP contribution in [0.3, 0.4) is 0 Å². The van der Waals surface area contributed by atoms with Gasteiger partial charge in [-0.2, -0.15) is 5.26 Å². The first-order valence-corrected chi connectivity index (χ1v) is 3.24. The highest BCUT2D eigenvalue weighted by Gasteiger charge is 2.20. The van der Waals surface area contributed by atoms with Crippen LogP contribution in [0.1, 0.15) is 5.56 Å². The van der Waals surface area contributed by atoms with Crippen molar-refractivity contribution < 1.29 is 10.1 Å². The zero-order chi connectivity index (χ0) is 9.84. The highest BCUT2D eigenvalue weighted by molar-refractivity contribution is 5.61. The summed E-state index contributed by atoms with van der Waals surface area (Å²) in [5.74, 6) is 0. The van der Waals surface area contributed by atoms with Gasteiger partial charge in [0, 0.05) is 18.2 Å². The monoisotopic (exact) mass is 176 g/mol. The summed E-state index contributed by atoms with van der Waals surface area (Å²) >= 11 is 0. The molecule has 1 N–H and O–H groups in total. The minimum Gasteiger partial charge on any atom is -0.241 e. The first-order valence-electron chi connectivity index (χ1n) is 3.24. The normalized spacial score (nSPS) is 8.46. The molecule has 0 heterocycles. The van der Waals surface area contributed by atoms with E-state index in [-0.39, 0.29) is 21.9 Å². The fourth-order valence-corrected chi connectivity index (χ4v) is 0.820. The predicted octanol–water partition coefficient (Wildman–Crippen LogP) is 1.84. The van der Waals surface area contributed by atoms with Crippen LogP contribution < -0.4 is 0 Å². The Hall–Kier alpha value is -2.47. The van der Waals surface area contributed by atoms with Gasteiger partial charge < -0.3 is 0 Å². The molecule has 0 aliphatic rings. The van der Waals surface area contributed by atoms with Crippen molar-refractivity contribution in [3.05, 3.63) is 33.6 Å². The van der Waals surface area contributed by atoms with Crippen LogP contribution in [-0.4, -0.2) is 10.1 Å². The molecule has 0 unspecified atom stereocenters. The molecule has 1 rings (SSSR count). The standard InChI is InChI=1S/C7H4N4O2/c8-4-5-3-6(11(12)13)1-2-7(5)10-9/h1-3H,(H,12,13)/q+2. The van der Waals surface area contributed by atoms with Crippen molar-refractivity contribution in [3.63, 3.8) is 0 Å². The van der Waals surface area contributed by atoms with Crippen molar-refractivity contribution in [3.8, 4) is 6.07 Å². The van der Waals surface area contributed by atoms with Gasteiger partial charge in [-0.1, -0.05) is 0 Å². The van der Waals surface area contributed by atoms with Gasteiger partial charge in [0.2, 0.25) is 5.39 Å². The summed E-state index contributed by atoms with van der Waals surface area (Å²) in [6, 6.07) is 5.29. The summed E-state index contributed by atoms with van der Waals surface area (Å²) in [6.45, 7) is 0. The van der Waals surface area contributed by atoms with Gasteiger partial charge in [-0.25, -0.2) is 5.21 Å². The molecule has 0 aliphatic carbocycles. The molecular weight excluding hydrogens is 172 g/mol. The van der Waals surface area contributed by atoms with Gasteiger partial charge in [0.1, 0.15) is 6.07 Å². The van der Waals surface area contributed by atoms with E-state index in [4.69, 9.17) is 15.9 Å². The molecule has 0 spiro atoms. The number of rotatable bonds is 1. The van der Waals surface area contributed by atoms with Crippen molar-refractivity contribution >= 4 is 11.4 Å². The zero-order valence-electron chi connectivity index (χ0n) is 6.38. The fourth-order valence-electron chi connectivity index (χ4n) is 0.820. The lowest BCUT2D eigenvalue weighted by molar-refractivity contribution is -0.729. The molecule has 1 aromatic carbocycles. The van der Waals surface area contributed by atoms with Crippen molar-refractivity contribution in [1.82, 2.24) is 0 Å².